The Bertz CT molecular complexity index is 708. The number of esters is 1. The number of rotatable bonds is 5. The van der Waals surface area contributed by atoms with Crippen LogP contribution in [0.5, 0.6) is 0 Å². The molecule has 6 nitrogen and oxygen atoms in total. The van der Waals surface area contributed by atoms with Crippen molar-refractivity contribution in [3.8, 4) is 0 Å². The number of halogens is 1. The standard InChI is InChI=1S/C15H13BFNO5/c17-13-8-11(16(21)22)6-7-12(13)14(19)18-9-23-15(20)10-4-2-1-3-5-10/h1-8,21-22H,9H2,(H,18,19). The first-order valence-corrected chi connectivity index (χ1v) is 6.65. The van der Waals surface area contributed by atoms with E-state index in [0.717, 1.165) is 12.1 Å². The van der Waals surface area contributed by atoms with E-state index in [1.54, 1.807) is 30.3 Å². The van der Waals surface area contributed by atoms with Crippen LogP contribution in [0, 0.1) is 5.82 Å². The summed E-state index contributed by atoms with van der Waals surface area (Å²) in [5.74, 6) is -2.32. The first-order valence-electron chi connectivity index (χ1n) is 6.65. The molecule has 0 aliphatic heterocycles. The predicted octanol–water partition coefficient (Wildman–Crippen LogP) is 0.0498. The van der Waals surface area contributed by atoms with Gasteiger partial charge < -0.3 is 20.1 Å². The average Bonchev–Trinajstić information content (AvgIpc) is 2.55. The minimum atomic E-state index is -1.83. The Balaban J connectivity index is 1.91. The van der Waals surface area contributed by atoms with Crippen molar-refractivity contribution < 1.29 is 28.8 Å². The molecule has 0 spiro atoms. The van der Waals surface area contributed by atoms with Gasteiger partial charge in [0.2, 0.25) is 0 Å². The number of carbonyl (C=O) groups excluding carboxylic acids is 2. The number of hydrogen-bond donors (Lipinski definition) is 3. The van der Waals surface area contributed by atoms with Crippen molar-refractivity contribution in [3.63, 3.8) is 0 Å². The van der Waals surface area contributed by atoms with E-state index in [1.165, 1.54) is 6.07 Å². The summed E-state index contributed by atoms with van der Waals surface area (Å²) in [7, 11) is -1.83. The van der Waals surface area contributed by atoms with Crippen molar-refractivity contribution in [2.75, 3.05) is 6.73 Å². The van der Waals surface area contributed by atoms with E-state index >= 15 is 0 Å². The summed E-state index contributed by atoms with van der Waals surface area (Å²) in [6.07, 6.45) is 0. The molecule has 1 amide bonds. The maximum Gasteiger partial charge on any atom is 0.488 e. The van der Waals surface area contributed by atoms with Gasteiger partial charge in [-0.25, -0.2) is 9.18 Å². The van der Waals surface area contributed by atoms with Gasteiger partial charge in [-0.15, -0.1) is 0 Å². The molecular weight excluding hydrogens is 304 g/mol. The highest BCUT2D eigenvalue weighted by molar-refractivity contribution is 6.58. The molecule has 2 aromatic carbocycles. The van der Waals surface area contributed by atoms with Gasteiger partial charge in [0, 0.05) is 0 Å². The molecule has 0 aliphatic rings. The van der Waals surface area contributed by atoms with Crippen LogP contribution in [0.15, 0.2) is 48.5 Å². The number of amides is 1. The first-order chi connectivity index (χ1) is 11.0. The fraction of sp³-hybridized carbons (Fsp3) is 0.0667. The first kappa shape index (κ1) is 16.7. The molecule has 2 aromatic rings. The van der Waals surface area contributed by atoms with Crippen LogP contribution in [0.3, 0.4) is 0 Å². The zero-order valence-electron chi connectivity index (χ0n) is 11.9. The van der Waals surface area contributed by atoms with E-state index in [9.17, 15) is 14.0 Å². The maximum atomic E-state index is 13.7. The fourth-order valence-electron chi connectivity index (χ4n) is 1.80. The number of hydrogen-bond acceptors (Lipinski definition) is 5. The Hall–Kier alpha value is -2.71. The van der Waals surface area contributed by atoms with Crippen LogP contribution in [0.25, 0.3) is 0 Å². The predicted molar refractivity (Wildman–Crippen MR) is 80.4 cm³/mol. The second-order valence-corrected chi connectivity index (χ2v) is 4.56. The van der Waals surface area contributed by atoms with E-state index in [1.807, 2.05) is 0 Å². The van der Waals surface area contributed by atoms with E-state index in [-0.39, 0.29) is 11.0 Å². The van der Waals surface area contributed by atoms with Crippen LogP contribution in [0.4, 0.5) is 4.39 Å². The molecule has 3 N–H and O–H groups in total. The van der Waals surface area contributed by atoms with Gasteiger partial charge in [0.15, 0.2) is 6.73 Å². The van der Waals surface area contributed by atoms with Crippen molar-refractivity contribution in [2.24, 2.45) is 0 Å². The van der Waals surface area contributed by atoms with E-state index in [2.05, 4.69) is 5.32 Å². The SMILES string of the molecule is O=C(OCNC(=O)c1ccc(B(O)O)cc1F)c1ccccc1. The van der Waals surface area contributed by atoms with Gasteiger partial charge in [0.05, 0.1) is 11.1 Å². The maximum absolute atomic E-state index is 13.7. The van der Waals surface area contributed by atoms with Crippen LogP contribution in [-0.4, -0.2) is 35.8 Å². The molecule has 8 heteroatoms. The lowest BCUT2D eigenvalue weighted by Gasteiger charge is -2.08. The topological polar surface area (TPSA) is 95.9 Å². The molecule has 23 heavy (non-hydrogen) atoms. The van der Waals surface area contributed by atoms with Crippen LogP contribution in [0.1, 0.15) is 20.7 Å². The van der Waals surface area contributed by atoms with Gasteiger partial charge in [0.1, 0.15) is 5.82 Å². The van der Waals surface area contributed by atoms with Crippen molar-refractivity contribution >= 4 is 24.5 Å². The Morgan fingerprint density at radius 2 is 1.83 bits per heavy atom. The zero-order chi connectivity index (χ0) is 16.8. The van der Waals surface area contributed by atoms with Crippen molar-refractivity contribution in [2.45, 2.75) is 0 Å². The van der Waals surface area contributed by atoms with Gasteiger partial charge in [-0.2, -0.15) is 0 Å². The summed E-state index contributed by atoms with van der Waals surface area (Å²) in [4.78, 5) is 23.4. The van der Waals surface area contributed by atoms with Gasteiger partial charge in [-0.1, -0.05) is 24.3 Å². The summed E-state index contributed by atoms with van der Waals surface area (Å²) in [6, 6.07) is 11.4. The highest BCUT2D eigenvalue weighted by Crippen LogP contribution is 2.05. The summed E-state index contributed by atoms with van der Waals surface area (Å²) in [6.45, 7) is -0.420. The fourth-order valence-corrected chi connectivity index (χ4v) is 1.80. The normalized spacial score (nSPS) is 10.0. The third kappa shape index (κ3) is 4.38. The average molecular weight is 317 g/mol. The third-order valence-corrected chi connectivity index (χ3v) is 2.98. The Kier molecular flexibility index (Phi) is 5.45. The highest BCUT2D eigenvalue weighted by Gasteiger charge is 2.17. The highest BCUT2D eigenvalue weighted by atomic mass is 19.1. The zero-order valence-corrected chi connectivity index (χ0v) is 11.9. The summed E-state index contributed by atoms with van der Waals surface area (Å²) < 4.78 is 18.6. The summed E-state index contributed by atoms with van der Waals surface area (Å²) in [5.41, 5.74) is -0.0473. The second kappa shape index (κ2) is 7.53. The molecule has 0 saturated carbocycles. The van der Waals surface area contributed by atoms with Gasteiger partial charge in [-0.05, 0) is 29.7 Å². The number of benzene rings is 2. The molecule has 0 bridgehead atoms. The number of ether oxygens (including phenoxy) is 1. The van der Waals surface area contributed by atoms with Crippen LogP contribution in [-0.2, 0) is 4.74 Å². The molecular formula is C15H13BFNO5. The monoisotopic (exact) mass is 317 g/mol. The van der Waals surface area contributed by atoms with Gasteiger partial charge in [0.25, 0.3) is 5.91 Å². The Morgan fingerprint density at radius 3 is 2.43 bits per heavy atom. The quantitative estimate of drug-likeness (QED) is 0.411. The molecule has 0 saturated heterocycles. The van der Waals surface area contributed by atoms with Crippen molar-refractivity contribution in [3.05, 3.63) is 65.5 Å². The molecule has 0 unspecified atom stereocenters. The molecule has 2 rings (SSSR count). The van der Waals surface area contributed by atoms with Gasteiger partial charge >= 0.3 is 13.1 Å². The van der Waals surface area contributed by atoms with Crippen LogP contribution >= 0.6 is 0 Å². The van der Waals surface area contributed by atoms with E-state index in [0.29, 0.717) is 5.56 Å². The Labute approximate surface area is 131 Å². The van der Waals surface area contributed by atoms with Gasteiger partial charge in [-0.3, -0.25) is 4.79 Å². The van der Waals surface area contributed by atoms with Crippen molar-refractivity contribution in [1.82, 2.24) is 5.32 Å². The van der Waals surface area contributed by atoms with E-state index in [4.69, 9.17) is 14.8 Å². The lowest BCUT2D eigenvalue weighted by Crippen LogP contribution is -2.32. The minimum Gasteiger partial charge on any atom is -0.441 e. The van der Waals surface area contributed by atoms with Crippen LogP contribution in [0.2, 0.25) is 0 Å². The number of nitrogens with one attached hydrogen (secondary N) is 1. The summed E-state index contributed by atoms with van der Waals surface area (Å²) in [5, 5.41) is 20.1. The van der Waals surface area contributed by atoms with E-state index < -0.39 is 31.5 Å². The molecule has 0 fully saturated rings. The lowest BCUT2D eigenvalue weighted by atomic mass is 9.80. The second-order valence-electron chi connectivity index (χ2n) is 4.56. The smallest absolute Gasteiger partial charge is 0.441 e. The largest absolute Gasteiger partial charge is 0.488 e. The minimum absolute atomic E-state index is 0.0745. The summed E-state index contributed by atoms with van der Waals surface area (Å²) >= 11 is 0. The third-order valence-electron chi connectivity index (χ3n) is 2.98. The lowest BCUT2D eigenvalue weighted by molar-refractivity contribution is 0.0463. The molecule has 0 atom stereocenters. The van der Waals surface area contributed by atoms with Crippen molar-refractivity contribution in [1.29, 1.82) is 0 Å². The molecule has 118 valence electrons. The Morgan fingerprint density at radius 1 is 1.13 bits per heavy atom. The van der Waals surface area contributed by atoms with Crippen LogP contribution < -0.4 is 10.8 Å². The molecule has 0 heterocycles. The molecule has 0 aromatic heterocycles. The number of carbonyl (C=O) groups is 2. The molecule has 0 aliphatic carbocycles. The molecule has 0 radical (unpaired) electrons.